The number of carbonyl (C=O) groups is 2. The highest BCUT2D eigenvalue weighted by Gasteiger charge is 2.25. The molecule has 0 radical (unpaired) electrons. The average Bonchev–Trinajstić information content (AvgIpc) is 3.12. The Bertz CT molecular complexity index is 833. The van der Waals surface area contributed by atoms with Gasteiger partial charge < -0.3 is 10.6 Å². The van der Waals surface area contributed by atoms with Crippen LogP contribution in [0.5, 0.6) is 0 Å². The van der Waals surface area contributed by atoms with Crippen LogP contribution >= 0.6 is 11.3 Å². The molecule has 0 saturated heterocycles. The predicted octanol–water partition coefficient (Wildman–Crippen LogP) is 4.63. The quantitative estimate of drug-likeness (QED) is 0.692. The van der Waals surface area contributed by atoms with E-state index < -0.39 is 6.04 Å². The Labute approximate surface area is 178 Å². The molecule has 0 fully saturated rings. The van der Waals surface area contributed by atoms with E-state index in [0.29, 0.717) is 18.0 Å². The van der Waals surface area contributed by atoms with Gasteiger partial charge in [0.15, 0.2) is 0 Å². The standard InChI is InChI=1S/C23H33N3O2S/c1-14(2)19(21(28)24-12-18-13-29-22(25-18)15(3)4)26-20(27)16-8-10-17(11-9-16)23(5,6)7/h8-11,13-15,19H,12H2,1-7H3,(H,24,28)(H,26,27). The molecule has 29 heavy (non-hydrogen) atoms. The van der Waals surface area contributed by atoms with E-state index in [4.69, 9.17) is 0 Å². The van der Waals surface area contributed by atoms with Crippen LogP contribution in [0.15, 0.2) is 29.6 Å². The monoisotopic (exact) mass is 415 g/mol. The topological polar surface area (TPSA) is 71.1 Å². The van der Waals surface area contributed by atoms with Gasteiger partial charge in [-0.1, -0.05) is 60.6 Å². The van der Waals surface area contributed by atoms with Gasteiger partial charge >= 0.3 is 0 Å². The van der Waals surface area contributed by atoms with Crippen molar-refractivity contribution in [2.24, 2.45) is 5.92 Å². The SMILES string of the molecule is CC(C)c1nc(CNC(=O)C(NC(=O)c2ccc(C(C)(C)C)cc2)C(C)C)cs1. The van der Waals surface area contributed by atoms with Gasteiger partial charge in [0.1, 0.15) is 6.04 Å². The molecule has 2 amide bonds. The van der Waals surface area contributed by atoms with E-state index in [1.54, 1.807) is 11.3 Å². The number of benzene rings is 1. The molecule has 0 spiro atoms. The summed E-state index contributed by atoms with van der Waals surface area (Å²) in [6.45, 7) is 14.8. The third-order valence-electron chi connectivity index (χ3n) is 4.76. The molecule has 0 saturated carbocycles. The lowest BCUT2D eigenvalue weighted by molar-refractivity contribution is -0.124. The minimum Gasteiger partial charge on any atom is -0.349 e. The normalized spacial score (nSPS) is 12.9. The first-order valence-electron chi connectivity index (χ1n) is 10.1. The molecule has 158 valence electrons. The smallest absolute Gasteiger partial charge is 0.251 e. The van der Waals surface area contributed by atoms with E-state index >= 15 is 0 Å². The van der Waals surface area contributed by atoms with E-state index in [1.807, 2.05) is 43.5 Å². The number of aromatic nitrogens is 1. The second-order valence-electron chi connectivity index (χ2n) is 9.07. The van der Waals surface area contributed by atoms with E-state index in [-0.39, 0.29) is 23.1 Å². The van der Waals surface area contributed by atoms with Crippen molar-refractivity contribution in [1.29, 1.82) is 0 Å². The first kappa shape index (κ1) is 23.1. The molecule has 6 heteroatoms. The van der Waals surface area contributed by atoms with Crippen molar-refractivity contribution in [3.8, 4) is 0 Å². The Hall–Kier alpha value is -2.21. The molecule has 2 N–H and O–H groups in total. The lowest BCUT2D eigenvalue weighted by Crippen LogP contribution is -2.49. The summed E-state index contributed by atoms with van der Waals surface area (Å²) in [5, 5.41) is 8.82. The summed E-state index contributed by atoms with van der Waals surface area (Å²) in [7, 11) is 0. The maximum atomic E-state index is 12.7. The average molecular weight is 416 g/mol. The van der Waals surface area contributed by atoms with Gasteiger partial charge in [-0.15, -0.1) is 11.3 Å². The minimum atomic E-state index is -0.604. The fourth-order valence-corrected chi connectivity index (χ4v) is 3.67. The summed E-state index contributed by atoms with van der Waals surface area (Å²) in [6.07, 6.45) is 0. The summed E-state index contributed by atoms with van der Waals surface area (Å²) in [4.78, 5) is 29.9. The summed E-state index contributed by atoms with van der Waals surface area (Å²) >= 11 is 1.60. The van der Waals surface area contributed by atoms with Crippen molar-refractivity contribution in [2.75, 3.05) is 0 Å². The Balaban J connectivity index is 2.00. The fourth-order valence-electron chi connectivity index (χ4n) is 2.84. The van der Waals surface area contributed by atoms with E-state index in [9.17, 15) is 9.59 Å². The van der Waals surface area contributed by atoms with Crippen molar-refractivity contribution < 1.29 is 9.59 Å². The van der Waals surface area contributed by atoms with Gasteiger partial charge in [-0.25, -0.2) is 4.98 Å². The number of nitrogens with zero attached hydrogens (tertiary/aromatic N) is 1. The van der Waals surface area contributed by atoms with Crippen LogP contribution in [0, 0.1) is 5.92 Å². The van der Waals surface area contributed by atoms with Gasteiger partial charge in [-0.3, -0.25) is 9.59 Å². The highest BCUT2D eigenvalue weighted by Crippen LogP contribution is 2.22. The molecule has 0 aliphatic carbocycles. The fraction of sp³-hybridized carbons (Fsp3) is 0.522. The molecular weight excluding hydrogens is 382 g/mol. The number of hydrogen-bond donors (Lipinski definition) is 2. The Kier molecular flexibility index (Phi) is 7.58. The van der Waals surface area contributed by atoms with Gasteiger partial charge in [0, 0.05) is 16.9 Å². The first-order chi connectivity index (χ1) is 13.5. The zero-order chi connectivity index (χ0) is 21.8. The van der Waals surface area contributed by atoms with E-state index in [0.717, 1.165) is 16.3 Å². The van der Waals surface area contributed by atoms with Crippen LogP contribution in [0.2, 0.25) is 0 Å². The summed E-state index contributed by atoms with van der Waals surface area (Å²) in [5.41, 5.74) is 2.59. The maximum absolute atomic E-state index is 12.7. The van der Waals surface area contributed by atoms with Crippen LogP contribution in [-0.4, -0.2) is 22.8 Å². The Morgan fingerprint density at radius 1 is 1.07 bits per heavy atom. The third kappa shape index (κ3) is 6.39. The zero-order valence-corrected chi connectivity index (χ0v) is 19.3. The van der Waals surface area contributed by atoms with Gasteiger partial charge in [0.25, 0.3) is 5.91 Å². The molecule has 1 aromatic carbocycles. The Morgan fingerprint density at radius 3 is 2.17 bits per heavy atom. The first-order valence-corrected chi connectivity index (χ1v) is 11.0. The molecule has 0 aliphatic heterocycles. The van der Waals surface area contributed by atoms with E-state index in [2.05, 4.69) is 50.2 Å². The van der Waals surface area contributed by atoms with Crippen molar-refractivity contribution in [3.05, 3.63) is 51.5 Å². The minimum absolute atomic E-state index is 0.0283. The molecule has 5 nitrogen and oxygen atoms in total. The van der Waals surface area contributed by atoms with Gasteiger partial charge in [-0.2, -0.15) is 0 Å². The van der Waals surface area contributed by atoms with Crippen LogP contribution in [-0.2, 0) is 16.8 Å². The van der Waals surface area contributed by atoms with Crippen LogP contribution in [0.4, 0.5) is 0 Å². The molecule has 2 rings (SSSR count). The predicted molar refractivity (Wildman–Crippen MR) is 119 cm³/mol. The molecule has 1 heterocycles. The molecule has 1 aromatic heterocycles. The second-order valence-corrected chi connectivity index (χ2v) is 9.96. The molecular formula is C23H33N3O2S. The molecule has 1 atom stereocenters. The van der Waals surface area contributed by atoms with Crippen molar-refractivity contribution in [1.82, 2.24) is 15.6 Å². The lowest BCUT2D eigenvalue weighted by Gasteiger charge is -2.22. The molecule has 0 aliphatic rings. The van der Waals surface area contributed by atoms with Crippen LogP contribution in [0.1, 0.15) is 81.0 Å². The van der Waals surface area contributed by atoms with Gasteiger partial charge in [-0.05, 0) is 29.0 Å². The second kappa shape index (κ2) is 9.53. The highest BCUT2D eigenvalue weighted by atomic mass is 32.1. The number of carbonyl (C=O) groups excluding carboxylic acids is 2. The third-order valence-corrected chi connectivity index (χ3v) is 5.95. The Morgan fingerprint density at radius 2 is 1.69 bits per heavy atom. The molecule has 2 aromatic rings. The number of nitrogens with one attached hydrogen (secondary N) is 2. The van der Waals surface area contributed by atoms with Crippen LogP contribution in [0.25, 0.3) is 0 Å². The highest BCUT2D eigenvalue weighted by molar-refractivity contribution is 7.09. The molecule has 0 bridgehead atoms. The molecule has 1 unspecified atom stereocenters. The van der Waals surface area contributed by atoms with Crippen LogP contribution in [0.3, 0.4) is 0 Å². The summed E-state index contributed by atoms with van der Waals surface area (Å²) in [6, 6.07) is 6.96. The van der Waals surface area contributed by atoms with Crippen molar-refractivity contribution in [3.63, 3.8) is 0 Å². The summed E-state index contributed by atoms with van der Waals surface area (Å²) < 4.78 is 0. The largest absolute Gasteiger partial charge is 0.349 e. The van der Waals surface area contributed by atoms with Gasteiger partial charge in [0.2, 0.25) is 5.91 Å². The van der Waals surface area contributed by atoms with Crippen molar-refractivity contribution >= 4 is 23.2 Å². The summed E-state index contributed by atoms with van der Waals surface area (Å²) in [5.74, 6) is -0.0971. The zero-order valence-electron chi connectivity index (χ0n) is 18.5. The number of rotatable bonds is 7. The van der Waals surface area contributed by atoms with Crippen molar-refractivity contribution in [2.45, 2.75) is 72.4 Å². The number of hydrogen-bond acceptors (Lipinski definition) is 4. The lowest BCUT2D eigenvalue weighted by atomic mass is 9.86. The van der Waals surface area contributed by atoms with Gasteiger partial charge in [0.05, 0.1) is 17.2 Å². The number of amides is 2. The maximum Gasteiger partial charge on any atom is 0.251 e. The number of thiazole rings is 1. The van der Waals surface area contributed by atoms with Crippen LogP contribution < -0.4 is 10.6 Å². The van der Waals surface area contributed by atoms with E-state index in [1.165, 1.54) is 0 Å².